The molecule has 4 heterocycles. The number of rotatable bonds is 5. The minimum absolute atomic E-state index is 0.0750. The third-order valence-electron chi connectivity index (χ3n) is 5.48. The van der Waals surface area contributed by atoms with Crippen LogP contribution in [0.3, 0.4) is 0 Å². The van der Waals surface area contributed by atoms with Crippen LogP contribution in [0.4, 0.5) is 0 Å². The fraction of sp³-hybridized carbons (Fsp3) is 0.286. The van der Waals surface area contributed by atoms with Crippen LogP contribution in [0.25, 0.3) is 16.7 Å². The highest BCUT2D eigenvalue weighted by Crippen LogP contribution is 2.24. The number of fused-ring (bicyclic) bond motifs is 3. The quantitative estimate of drug-likeness (QED) is 0.532. The Morgan fingerprint density at radius 2 is 2.07 bits per heavy atom. The van der Waals surface area contributed by atoms with Gasteiger partial charge in [-0.05, 0) is 42.8 Å². The summed E-state index contributed by atoms with van der Waals surface area (Å²) >= 11 is 6.18. The fourth-order valence-corrected chi connectivity index (χ4v) is 4.05. The van der Waals surface area contributed by atoms with E-state index in [1.54, 1.807) is 0 Å². The van der Waals surface area contributed by atoms with Crippen LogP contribution in [0.2, 0.25) is 5.02 Å². The van der Waals surface area contributed by atoms with E-state index in [4.69, 9.17) is 11.6 Å². The lowest BCUT2D eigenvalue weighted by Gasteiger charge is -2.27. The Morgan fingerprint density at radius 3 is 2.83 bits per heavy atom. The standard InChI is InChI=1S/C21H21ClN6O/c1-13-25-26-20-6-5-17-18(28(13)20)8-19(21(29)24-11-15-9-23-10-15)27(17)12-14-3-2-4-16(22)7-14/h2-8,15,23H,9-12H2,1H3,(H,24,29). The number of hydrogen-bond donors (Lipinski definition) is 2. The number of aromatic nitrogens is 4. The molecule has 0 radical (unpaired) electrons. The van der Waals surface area contributed by atoms with E-state index >= 15 is 0 Å². The SMILES string of the molecule is Cc1nnc2ccc3c(cc(C(=O)NCC4CNC4)n3Cc3cccc(Cl)c3)n12. The Hall–Kier alpha value is -2.90. The van der Waals surface area contributed by atoms with Gasteiger partial charge in [0.25, 0.3) is 5.91 Å². The maximum absolute atomic E-state index is 13.1. The zero-order valence-electron chi connectivity index (χ0n) is 16.0. The van der Waals surface area contributed by atoms with Crippen molar-refractivity contribution in [3.8, 4) is 0 Å². The van der Waals surface area contributed by atoms with Crippen molar-refractivity contribution in [1.82, 2.24) is 29.8 Å². The summed E-state index contributed by atoms with van der Waals surface area (Å²) in [6, 6.07) is 13.6. The largest absolute Gasteiger partial charge is 0.350 e. The van der Waals surface area contributed by atoms with E-state index in [0.717, 1.165) is 41.2 Å². The van der Waals surface area contributed by atoms with Crippen LogP contribution in [0.5, 0.6) is 0 Å². The third kappa shape index (κ3) is 3.26. The van der Waals surface area contributed by atoms with Crippen LogP contribution in [0.1, 0.15) is 21.9 Å². The molecule has 4 aromatic rings. The number of carbonyl (C=O) groups is 1. The number of amides is 1. The molecule has 3 aromatic heterocycles. The normalized spacial score (nSPS) is 14.4. The van der Waals surface area contributed by atoms with Gasteiger partial charge in [0.15, 0.2) is 5.65 Å². The second kappa shape index (κ2) is 7.17. The van der Waals surface area contributed by atoms with Crippen molar-refractivity contribution in [1.29, 1.82) is 0 Å². The molecule has 5 rings (SSSR count). The van der Waals surface area contributed by atoms with Crippen molar-refractivity contribution in [2.75, 3.05) is 19.6 Å². The van der Waals surface area contributed by atoms with E-state index in [9.17, 15) is 4.79 Å². The molecule has 0 atom stereocenters. The summed E-state index contributed by atoms with van der Waals surface area (Å²) < 4.78 is 4.02. The van der Waals surface area contributed by atoms with Crippen LogP contribution >= 0.6 is 11.6 Å². The highest BCUT2D eigenvalue weighted by Gasteiger charge is 2.21. The first-order valence-corrected chi connectivity index (χ1v) is 10.1. The van der Waals surface area contributed by atoms with E-state index in [0.29, 0.717) is 29.7 Å². The number of nitrogens with one attached hydrogen (secondary N) is 2. The van der Waals surface area contributed by atoms with E-state index < -0.39 is 0 Å². The van der Waals surface area contributed by atoms with Gasteiger partial charge in [-0.3, -0.25) is 9.20 Å². The van der Waals surface area contributed by atoms with E-state index in [1.165, 1.54) is 0 Å². The summed E-state index contributed by atoms with van der Waals surface area (Å²) in [5.74, 6) is 1.21. The molecule has 1 aliphatic rings. The number of halogens is 1. The molecule has 2 N–H and O–H groups in total. The zero-order chi connectivity index (χ0) is 20.0. The Bertz CT molecular complexity index is 1220. The molecule has 0 aliphatic carbocycles. The number of aryl methyl sites for hydroxylation is 1. The Labute approximate surface area is 172 Å². The Kier molecular flexibility index (Phi) is 4.49. The lowest BCUT2D eigenvalue weighted by molar-refractivity contribution is 0.0934. The number of pyridine rings is 1. The zero-order valence-corrected chi connectivity index (χ0v) is 16.8. The van der Waals surface area contributed by atoms with E-state index in [-0.39, 0.29) is 5.91 Å². The van der Waals surface area contributed by atoms with Crippen molar-refractivity contribution >= 4 is 34.2 Å². The molecule has 1 aliphatic heterocycles. The molecule has 0 bridgehead atoms. The van der Waals surface area contributed by atoms with Gasteiger partial charge >= 0.3 is 0 Å². The maximum atomic E-state index is 13.1. The van der Waals surface area contributed by atoms with Crippen molar-refractivity contribution in [3.05, 3.63) is 64.6 Å². The average Bonchev–Trinajstić information content (AvgIpc) is 3.21. The second-order valence-corrected chi connectivity index (χ2v) is 7.96. The summed E-state index contributed by atoms with van der Waals surface area (Å²) in [6.45, 7) is 5.03. The molecule has 1 amide bonds. The van der Waals surface area contributed by atoms with Crippen LogP contribution < -0.4 is 10.6 Å². The van der Waals surface area contributed by atoms with Crippen LogP contribution in [-0.4, -0.2) is 44.7 Å². The van der Waals surface area contributed by atoms with Crippen molar-refractivity contribution in [2.45, 2.75) is 13.5 Å². The van der Waals surface area contributed by atoms with Gasteiger partial charge in [-0.1, -0.05) is 23.7 Å². The highest BCUT2D eigenvalue weighted by molar-refractivity contribution is 6.30. The first-order chi connectivity index (χ1) is 14.1. The smallest absolute Gasteiger partial charge is 0.268 e. The average molecular weight is 409 g/mol. The molecule has 1 saturated heterocycles. The molecule has 1 fully saturated rings. The van der Waals surface area contributed by atoms with Crippen LogP contribution in [-0.2, 0) is 6.54 Å². The number of nitrogens with zero attached hydrogens (tertiary/aromatic N) is 4. The van der Waals surface area contributed by atoms with Crippen LogP contribution in [0, 0.1) is 12.8 Å². The Balaban J connectivity index is 1.61. The predicted molar refractivity (Wildman–Crippen MR) is 112 cm³/mol. The van der Waals surface area contributed by atoms with Gasteiger partial charge in [-0.2, -0.15) is 0 Å². The van der Waals surface area contributed by atoms with Gasteiger partial charge in [0.05, 0.1) is 11.0 Å². The van der Waals surface area contributed by atoms with Gasteiger partial charge in [0, 0.05) is 37.1 Å². The van der Waals surface area contributed by atoms with Gasteiger partial charge < -0.3 is 15.2 Å². The minimum atomic E-state index is -0.0750. The molecule has 7 nitrogen and oxygen atoms in total. The lowest BCUT2D eigenvalue weighted by atomic mass is 10.0. The molecular weight excluding hydrogens is 388 g/mol. The van der Waals surface area contributed by atoms with Crippen molar-refractivity contribution in [2.24, 2.45) is 5.92 Å². The van der Waals surface area contributed by atoms with Gasteiger partial charge in [0.2, 0.25) is 0 Å². The maximum Gasteiger partial charge on any atom is 0.268 e. The summed E-state index contributed by atoms with van der Waals surface area (Å²) in [6.07, 6.45) is 0. The van der Waals surface area contributed by atoms with Crippen LogP contribution in [0.15, 0.2) is 42.5 Å². The van der Waals surface area contributed by atoms with E-state index in [1.807, 2.05) is 58.4 Å². The minimum Gasteiger partial charge on any atom is -0.350 e. The second-order valence-electron chi connectivity index (χ2n) is 7.52. The fourth-order valence-electron chi connectivity index (χ4n) is 3.84. The molecule has 1 aromatic carbocycles. The number of benzene rings is 1. The summed E-state index contributed by atoms with van der Waals surface area (Å²) in [7, 11) is 0. The number of hydrogen-bond acceptors (Lipinski definition) is 4. The first-order valence-electron chi connectivity index (χ1n) is 9.67. The monoisotopic (exact) mass is 408 g/mol. The third-order valence-corrected chi connectivity index (χ3v) is 5.71. The summed E-state index contributed by atoms with van der Waals surface area (Å²) in [4.78, 5) is 13.1. The van der Waals surface area contributed by atoms with Gasteiger partial charge in [0.1, 0.15) is 11.5 Å². The number of carbonyl (C=O) groups excluding carboxylic acids is 1. The molecule has 8 heteroatoms. The topological polar surface area (TPSA) is 76.2 Å². The first kappa shape index (κ1) is 18.1. The molecule has 0 spiro atoms. The summed E-state index contributed by atoms with van der Waals surface area (Å²) in [5, 5.41) is 15.4. The van der Waals surface area contributed by atoms with Gasteiger partial charge in [-0.15, -0.1) is 10.2 Å². The predicted octanol–water partition coefficient (Wildman–Crippen LogP) is 2.64. The Morgan fingerprint density at radius 1 is 1.21 bits per heavy atom. The lowest BCUT2D eigenvalue weighted by Crippen LogP contribution is -2.48. The summed E-state index contributed by atoms with van der Waals surface area (Å²) in [5.41, 5.74) is 4.29. The van der Waals surface area contributed by atoms with Crippen molar-refractivity contribution < 1.29 is 4.79 Å². The molecular formula is C21H21ClN6O. The molecule has 148 valence electrons. The molecule has 29 heavy (non-hydrogen) atoms. The molecule has 0 unspecified atom stereocenters. The molecule has 0 saturated carbocycles. The van der Waals surface area contributed by atoms with Gasteiger partial charge in [-0.25, -0.2) is 0 Å². The highest BCUT2D eigenvalue weighted by atomic mass is 35.5. The van der Waals surface area contributed by atoms with E-state index in [2.05, 4.69) is 20.8 Å². The van der Waals surface area contributed by atoms with Crippen molar-refractivity contribution in [3.63, 3.8) is 0 Å².